The molecule has 0 aliphatic carbocycles. The number of hydrogen-bond donors (Lipinski definition) is 0. The minimum absolute atomic E-state index is 0.344. The fraction of sp³-hybridized carbons (Fsp3) is 0.273. The van der Waals surface area contributed by atoms with Gasteiger partial charge in [0.1, 0.15) is 5.82 Å². The van der Waals surface area contributed by atoms with Gasteiger partial charge >= 0.3 is 5.97 Å². The Hall–Kier alpha value is -2.24. The molecule has 0 bridgehead atoms. The topological polar surface area (TPSA) is 69.9 Å². The molecule has 0 N–H and O–H groups in total. The van der Waals surface area contributed by atoms with E-state index >= 15 is 0 Å². The molecule has 2 heterocycles. The van der Waals surface area contributed by atoms with E-state index in [1.807, 2.05) is 0 Å². The molecule has 0 aromatic carbocycles. The molecular formula is C11H12N4O2. The smallest absolute Gasteiger partial charge is 0.341 e. The maximum absolute atomic E-state index is 11.4. The first-order valence-electron chi connectivity index (χ1n) is 5.22. The van der Waals surface area contributed by atoms with Gasteiger partial charge in [-0.05, 0) is 13.8 Å². The number of ether oxygens (including phenoxy) is 1. The van der Waals surface area contributed by atoms with Gasteiger partial charge in [-0.3, -0.25) is 0 Å². The molecule has 0 amide bonds. The van der Waals surface area contributed by atoms with Crippen LogP contribution in [0.25, 0.3) is 5.82 Å². The predicted molar refractivity (Wildman–Crippen MR) is 59.8 cm³/mol. The van der Waals surface area contributed by atoms with Gasteiger partial charge in [0.15, 0.2) is 5.82 Å². The van der Waals surface area contributed by atoms with E-state index in [2.05, 4.69) is 15.1 Å². The number of carbonyl (C=O) groups is 1. The highest BCUT2D eigenvalue weighted by Gasteiger charge is 2.10. The average molecular weight is 232 g/mol. The molecule has 0 unspecified atom stereocenters. The highest BCUT2D eigenvalue weighted by atomic mass is 16.5. The van der Waals surface area contributed by atoms with Gasteiger partial charge in [-0.2, -0.15) is 5.10 Å². The average Bonchev–Trinajstić information content (AvgIpc) is 2.78. The molecule has 6 nitrogen and oxygen atoms in total. The second-order valence-electron chi connectivity index (χ2n) is 3.36. The minimum Gasteiger partial charge on any atom is -0.462 e. The summed E-state index contributed by atoms with van der Waals surface area (Å²) in [6, 6.07) is 1.72. The van der Waals surface area contributed by atoms with Crippen molar-refractivity contribution in [2.24, 2.45) is 0 Å². The van der Waals surface area contributed by atoms with Gasteiger partial charge in [0.05, 0.1) is 18.4 Å². The second kappa shape index (κ2) is 4.73. The fourth-order valence-corrected chi connectivity index (χ4v) is 1.34. The van der Waals surface area contributed by atoms with Gasteiger partial charge in [0.2, 0.25) is 0 Å². The lowest BCUT2D eigenvalue weighted by Gasteiger charge is -2.00. The Bertz CT molecular complexity index is 536. The molecule has 0 saturated carbocycles. The number of hydrogen-bond acceptors (Lipinski definition) is 5. The fourth-order valence-electron chi connectivity index (χ4n) is 1.34. The summed E-state index contributed by atoms with van der Waals surface area (Å²) in [6.07, 6.45) is 4.68. The van der Waals surface area contributed by atoms with Crippen molar-refractivity contribution < 1.29 is 9.53 Å². The molecule has 2 aromatic heterocycles. The highest BCUT2D eigenvalue weighted by Crippen LogP contribution is 2.06. The third-order valence-corrected chi connectivity index (χ3v) is 2.09. The summed E-state index contributed by atoms with van der Waals surface area (Å²) in [5.41, 5.74) is 0.406. The number of aromatic nitrogens is 4. The molecule has 0 radical (unpaired) electrons. The van der Waals surface area contributed by atoms with Crippen LogP contribution in [0.15, 0.2) is 24.7 Å². The van der Waals surface area contributed by atoms with Crippen LogP contribution in [0, 0.1) is 6.92 Å². The van der Waals surface area contributed by atoms with Crippen LogP contribution in [0.1, 0.15) is 23.1 Å². The molecule has 0 saturated heterocycles. The third kappa shape index (κ3) is 2.47. The zero-order chi connectivity index (χ0) is 12.3. The van der Waals surface area contributed by atoms with Crippen molar-refractivity contribution in [3.63, 3.8) is 0 Å². The molecule has 2 aromatic rings. The molecule has 88 valence electrons. The van der Waals surface area contributed by atoms with Crippen LogP contribution in [0.2, 0.25) is 0 Å². The SMILES string of the molecule is CCOC(=O)c1cnn(-c2ccnc(C)n2)c1. The minimum atomic E-state index is -0.385. The van der Waals surface area contributed by atoms with E-state index in [4.69, 9.17) is 4.74 Å². The van der Waals surface area contributed by atoms with Crippen LogP contribution in [-0.4, -0.2) is 32.3 Å². The van der Waals surface area contributed by atoms with Crippen molar-refractivity contribution in [3.05, 3.63) is 36.0 Å². The Morgan fingerprint density at radius 2 is 2.35 bits per heavy atom. The number of rotatable bonds is 3. The maximum atomic E-state index is 11.4. The molecule has 0 atom stereocenters. The first-order valence-corrected chi connectivity index (χ1v) is 5.22. The molecule has 6 heteroatoms. The molecule has 0 aliphatic heterocycles. The van der Waals surface area contributed by atoms with Crippen LogP contribution in [0.4, 0.5) is 0 Å². The summed E-state index contributed by atoms with van der Waals surface area (Å²) in [5.74, 6) is 0.883. The Balaban J connectivity index is 2.27. The van der Waals surface area contributed by atoms with E-state index in [1.54, 1.807) is 32.3 Å². The summed E-state index contributed by atoms with van der Waals surface area (Å²) in [7, 11) is 0. The molecule has 2 rings (SSSR count). The highest BCUT2D eigenvalue weighted by molar-refractivity contribution is 5.88. The maximum Gasteiger partial charge on any atom is 0.341 e. The lowest BCUT2D eigenvalue weighted by atomic mass is 10.4. The quantitative estimate of drug-likeness (QED) is 0.742. The molecular weight excluding hydrogens is 220 g/mol. The van der Waals surface area contributed by atoms with Crippen molar-refractivity contribution in [1.29, 1.82) is 0 Å². The predicted octanol–water partition coefficient (Wildman–Crippen LogP) is 1.15. The number of aryl methyl sites for hydroxylation is 1. The van der Waals surface area contributed by atoms with Crippen LogP contribution in [0.5, 0.6) is 0 Å². The summed E-state index contributed by atoms with van der Waals surface area (Å²) < 4.78 is 6.39. The number of esters is 1. The van der Waals surface area contributed by atoms with Crippen molar-refractivity contribution in [2.45, 2.75) is 13.8 Å². The van der Waals surface area contributed by atoms with Gasteiger partial charge in [-0.1, -0.05) is 0 Å². The van der Waals surface area contributed by atoms with Crippen LogP contribution in [-0.2, 0) is 4.74 Å². The summed E-state index contributed by atoms with van der Waals surface area (Å²) in [6.45, 7) is 3.89. The molecule has 0 aliphatic rings. The Kier molecular flexibility index (Phi) is 3.13. The Labute approximate surface area is 98.3 Å². The standard InChI is InChI=1S/C11H12N4O2/c1-3-17-11(16)9-6-13-15(7-9)10-4-5-12-8(2)14-10/h4-7H,3H2,1-2H3. The third-order valence-electron chi connectivity index (χ3n) is 2.09. The largest absolute Gasteiger partial charge is 0.462 e. The van der Waals surface area contributed by atoms with Crippen LogP contribution >= 0.6 is 0 Å². The first kappa shape index (κ1) is 11.3. The summed E-state index contributed by atoms with van der Waals surface area (Å²) >= 11 is 0. The van der Waals surface area contributed by atoms with Crippen molar-refractivity contribution in [3.8, 4) is 5.82 Å². The molecule has 0 fully saturated rings. The zero-order valence-corrected chi connectivity index (χ0v) is 9.62. The lowest BCUT2D eigenvalue weighted by Crippen LogP contribution is -2.03. The monoisotopic (exact) mass is 232 g/mol. The lowest BCUT2D eigenvalue weighted by molar-refractivity contribution is 0.0526. The van der Waals surface area contributed by atoms with Gasteiger partial charge < -0.3 is 4.74 Å². The van der Waals surface area contributed by atoms with E-state index in [0.717, 1.165) is 0 Å². The van der Waals surface area contributed by atoms with E-state index in [0.29, 0.717) is 23.8 Å². The van der Waals surface area contributed by atoms with Crippen molar-refractivity contribution >= 4 is 5.97 Å². The Morgan fingerprint density at radius 1 is 1.53 bits per heavy atom. The van der Waals surface area contributed by atoms with Crippen LogP contribution in [0.3, 0.4) is 0 Å². The summed E-state index contributed by atoms with van der Waals surface area (Å²) in [5, 5.41) is 4.06. The number of nitrogens with zero attached hydrogens (tertiary/aromatic N) is 4. The van der Waals surface area contributed by atoms with Crippen molar-refractivity contribution in [2.75, 3.05) is 6.61 Å². The van der Waals surface area contributed by atoms with Crippen LogP contribution < -0.4 is 0 Å². The molecule has 17 heavy (non-hydrogen) atoms. The van der Waals surface area contributed by atoms with E-state index in [1.165, 1.54) is 10.9 Å². The summed E-state index contributed by atoms with van der Waals surface area (Å²) in [4.78, 5) is 19.6. The second-order valence-corrected chi connectivity index (χ2v) is 3.36. The van der Waals surface area contributed by atoms with Crippen molar-refractivity contribution in [1.82, 2.24) is 19.7 Å². The van der Waals surface area contributed by atoms with E-state index < -0.39 is 0 Å². The van der Waals surface area contributed by atoms with E-state index in [-0.39, 0.29) is 5.97 Å². The van der Waals surface area contributed by atoms with Gasteiger partial charge in [-0.25, -0.2) is 19.4 Å². The molecule has 0 spiro atoms. The normalized spacial score (nSPS) is 10.2. The number of carbonyl (C=O) groups excluding carboxylic acids is 1. The first-order chi connectivity index (χ1) is 8.20. The van der Waals surface area contributed by atoms with Gasteiger partial charge in [-0.15, -0.1) is 0 Å². The zero-order valence-electron chi connectivity index (χ0n) is 9.62. The van der Waals surface area contributed by atoms with E-state index in [9.17, 15) is 4.79 Å². The van der Waals surface area contributed by atoms with Gasteiger partial charge in [0.25, 0.3) is 0 Å². The van der Waals surface area contributed by atoms with Gasteiger partial charge in [0, 0.05) is 18.5 Å². The Morgan fingerprint density at radius 3 is 3.06 bits per heavy atom.